The summed E-state index contributed by atoms with van der Waals surface area (Å²) in [6.45, 7) is 4.53. The third-order valence-electron chi connectivity index (χ3n) is 4.47. The van der Waals surface area contributed by atoms with E-state index in [0.29, 0.717) is 18.2 Å². The zero-order valence-electron chi connectivity index (χ0n) is 14.7. The summed E-state index contributed by atoms with van der Waals surface area (Å²) >= 11 is 4.83. The van der Waals surface area contributed by atoms with Crippen LogP contribution < -0.4 is 5.32 Å². The Balaban J connectivity index is 1.64. The largest absolute Gasteiger partial charge is 0.325 e. The number of anilines is 1. The smallest absolute Gasteiger partial charge is 0.234 e. The lowest BCUT2D eigenvalue weighted by Gasteiger charge is -2.21. The molecule has 1 aliphatic rings. The Labute approximate surface area is 166 Å². The molecule has 1 saturated carbocycles. The predicted molar refractivity (Wildman–Crippen MR) is 110 cm³/mol. The molecule has 0 radical (unpaired) electrons. The summed E-state index contributed by atoms with van der Waals surface area (Å²) in [4.78, 5) is 12.2. The van der Waals surface area contributed by atoms with Crippen molar-refractivity contribution in [3.05, 3.63) is 47.2 Å². The summed E-state index contributed by atoms with van der Waals surface area (Å²) in [5, 5.41) is 12.5. The molecule has 2 aromatic rings. The Hall–Kier alpha value is -1.60. The quantitative estimate of drug-likeness (QED) is 0.491. The van der Waals surface area contributed by atoms with E-state index in [1.165, 1.54) is 43.9 Å². The van der Waals surface area contributed by atoms with Gasteiger partial charge in [0.15, 0.2) is 5.16 Å². The number of allylic oxidation sites excluding steroid dienone is 1. The second-order valence-corrected chi connectivity index (χ2v) is 8.28. The van der Waals surface area contributed by atoms with Crippen LogP contribution in [0, 0.1) is 0 Å². The molecule has 0 bridgehead atoms. The topological polar surface area (TPSA) is 59.8 Å². The number of aromatic nitrogens is 3. The molecule has 1 heterocycles. The first-order valence-electron chi connectivity index (χ1n) is 8.89. The molecule has 1 N–H and O–H groups in total. The van der Waals surface area contributed by atoms with Crippen molar-refractivity contribution in [1.29, 1.82) is 0 Å². The maximum Gasteiger partial charge on any atom is 0.234 e. The minimum atomic E-state index is -0.0551. The van der Waals surface area contributed by atoms with Crippen LogP contribution in [0.1, 0.15) is 43.8 Å². The second-order valence-electron chi connectivity index (χ2n) is 6.42. The molecule has 1 aliphatic carbocycles. The summed E-state index contributed by atoms with van der Waals surface area (Å²) in [5.74, 6) is 1.76. The highest BCUT2D eigenvalue weighted by molar-refractivity contribution is 9.10. The molecular weight excluding hydrogens is 412 g/mol. The monoisotopic (exact) mass is 434 g/mol. The average molecular weight is 435 g/mol. The van der Waals surface area contributed by atoms with Gasteiger partial charge in [0.05, 0.1) is 5.75 Å². The Morgan fingerprint density at radius 3 is 2.88 bits per heavy atom. The fourth-order valence-electron chi connectivity index (χ4n) is 3.26. The molecule has 3 rings (SSSR count). The molecule has 1 amide bonds. The van der Waals surface area contributed by atoms with Crippen molar-refractivity contribution in [3.8, 4) is 0 Å². The highest BCUT2D eigenvalue weighted by Crippen LogP contribution is 2.33. The third-order valence-corrected chi connectivity index (χ3v) is 5.93. The van der Waals surface area contributed by atoms with Crippen LogP contribution in [-0.2, 0) is 11.3 Å². The van der Waals surface area contributed by atoms with Crippen LogP contribution in [0.15, 0.2) is 46.5 Å². The third kappa shape index (κ3) is 4.98. The lowest BCUT2D eigenvalue weighted by Crippen LogP contribution is -2.15. The molecule has 0 saturated heterocycles. The number of nitrogens with zero attached hydrogens (tertiary/aromatic N) is 3. The van der Waals surface area contributed by atoms with Gasteiger partial charge in [0.2, 0.25) is 5.91 Å². The van der Waals surface area contributed by atoms with Gasteiger partial charge in [-0.25, -0.2) is 0 Å². The van der Waals surface area contributed by atoms with Gasteiger partial charge >= 0.3 is 0 Å². The predicted octanol–water partition coefficient (Wildman–Crippen LogP) is 5.01. The number of rotatable bonds is 7. The van der Waals surface area contributed by atoms with E-state index >= 15 is 0 Å². The number of nitrogens with one attached hydrogen (secondary N) is 1. The summed E-state index contributed by atoms with van der Waals surface area (Å²) < 4.78 is 3.05. The fourth-order valence-corrected chi connectivity index (χ4v) is 4.42. The molecule has 0 spiro atoms. The highest BCUT2D eigenvalue weighted by atomic mass is 79.9. The van der Waals surface area contributed by atoms with E-state index in [1.807, 2.05) is 30.3 Å². The molecule has 26 heavy (non-hydrogen) atoms. The summed E-state index contributed by atoms with van der Waals surface area (Å²) in [6.07, 6.45) is 8.02. The summed E-state index contributed by atoms with van der Waals surface area (Å²) in [7, 11) is 0. The van der Waals surface area contributed by atoms with E-state index in [9.17, 15) is 4.79 Å². The number of hydrogen-bond donors (Lipinski definition) is 1. The van der Waals surface area contributed by atoms with E-state index in [4.69, 9.17) is 0 Å². The van der Waals surface area contributed by atoms with Gasteiger partial charge in [0, 0.05) is 22.6 Å². The number of benzene rings is 1. The van der Waals surface area contributed by atoms with Crippen LogP contribution in [0.4, 0.5) is 5.69 Å². The van der Waals surface area contributed by atoms with Crippen molar-refractivity contribution < 1.29 is 4.79 Å². The Kier molecular flexibility index (Phi) is 6.91. The van der Waals surface area contributed by atoms with Crippen molar-refractivity contribution in [2.24, 2.45) is 0 Å². The van der Waals surface area contributed by atoms with Gasteiger partial charge in [-0.05, 0) is 31.0 Å². The van der Waals surface area contributed by atoms with Gasteiger partial charge in [0.25, 0.3) is 0 Å². The first-order valence-corrected chi connectivity index (χ1v) is 10.7. The number of amides is 1. The van der Waals surface area contributed by atoms with Crippen LogP contribution in [-0.4, -0.2) is 26.4 Å². The van der Waals surface area contributed by atoms with E-state index < -0.39 is 0 Å². The molecule has 0 unspecified atom stereocenters. The van der Waals surface area contributed by atoms with E-state index in [-0.39, 0.29) is 5.91 Å². The van der Waals surface area contributed by atoms with Crippen molar-refractivity contribution in [1.82, 2.24) is 14.8 Å². The zero-order chi connectivity index (χ0) is 18.4. The molecule has 1 aromatic heterocycles. The lowest BCUT2D eigenvalue weighted by molar-refractivity contribution is -0.113. The van der Waals surface area contributed by atoms with Gasteiger partial charge in [-0.1, -0.05) is 59.1 Å². The van der Waals surface area contributed by atoms with Gasteiger partial charge < -0.3 is 9.88 Å². The Morgan fingerprint density at radius 1 is 1.35 bits per heavy atom. The Morgan fingerprint density at radius 2 is 2.15 bits per heavy atom. The standard InChI is InChI=1S/C19H23BrN4OS/c1-2-11-24-18(14-7-4-3-5-8-14)22-23-19(24)26-13-17(25)21-16-10-6-9-15(20)12-16/h2,6,9-10,12,14H,1,3-5,7-8,11,13H2,(H,21,25). The first-order chi connectivity index (χ1) is 12.7. The number of halogens is 1. The van der Waals surface area contributed by atoms with Gasteiger partial charge in [-0.15, -0.1) is 16.8 Å². The minimum Gasteiger partial charge on any atom is -0.325 e. The van der Waals surface area contributed by atoms with Crippen LogP contribution in [0.5, 0.6) is 0 Å². The minimum absolute atomic E-state index is 0.0551. The average Bonchev–Trinajstić information content (AvgIpc) is 3.04. The lowest BCUT2D eigenvalue weighted by atomic mass is 9.89. The summed E-state index contributed by atoms with van der Waals surface area (Å²) in [6, 6.07) is 7.57. The van der Waals surface area contributed by atoms with E-state index in [0.717, 1.165) is 21.1 Å². The summed E-state index contributed by atoms with van der Waals surface area (Å²) in [5.41, 5.74) is 0.778. The first kappa shape index (κ1) is 19.2. The van der Waals surface area contributed by atoms with Crippen molar-refractivity contribution in [2.45, 2.75) is 49.7 Å². The highest BCUT2D eigenvalue weighted by Gasteiger charge is 2.23. The van der Waals surface area contributed by atoms with Crippen LogP contribution in [0.25, 0.3) is 0 Å². The molecule has 1 aromatic carbocycles. The van der Waals surface area contributed by atoms with Crippen LogP contribution >= 0.6 is 27.7 Å². The van der Waals surface area contributed by atoms with Crippen molar-refractivity contribution in [2.75, 3.05) is 11.1 Å². The normalized spacial score (nSPS) is 15.0. The van der Waals surface area contributed by atoms with E-state index in [1.54, 1.807) is 0 Å². The zero-order valence-corrected chi connectivity index (χ0v) is 17.1. The number of thioether (sulfide) groups is 1. The van der Waals surface area contributed by atoms with Crippen LogP contribution in [0.2, 0.25) is 0 Å². The van der Waals surface area contributed by atoms with Gasteiger partial charge in [-0.3, -0.25) is 4.79 Å². The molecule has 7 heteroatoms. The Bertz CT molecular complexity index is 771. The van der Waals surface area contributed by atoms with Crippen molar-refractivity contribution in [3.63, 3.8) is 0 Å². The molecule has 5 nitrogen and oxygen atoms in total. The molecule has 1 fully saturated rings. The fraction of sp³-hybridized carbons (Fsp3) is 0.421. The maximum atomic E-state index is 12.2. The number of hydrogen-bond acceptors (Lipinski definition) is 4. The number of carbonyl (C=O) groups excluding carboxylic acids is 1. The maximum absolute atomic E-state index is 12.2. The van der Waals surface area contributed by atoms with Gasteiger partial charge in [0.1, 0.15) is 5.82 Å². The van der Waals surface area contributed by atoms with E-state index in [2.05, 4.69) is 42.6 Å². The molecule has 0 aliphatic heterocycles. The SMILES string of the molecule is C=CCn1c(SCC(=O)Nc2cccc(Br)c2)nnc1C1CCCCC1. The molecule has 138 valence electrons. The molecule has 0 atom stereocenters. The van der Waals surface area contributed by atoms with Crippen molar-refractivity contribution >= 4 is 39.3 Å². The number of carbonyl (C=O) groups is 1. The second kappa shape index (κ2) is 9.37. The van der Waals surface area contributed by atoms with Crippen LogP contribution in [0.3, 0.4) is 0 Å². The molecular formula is C19H23BrN4OS. The van der Waals surface area contributed by atoms with Gasteiger partial charge in [-0.2, -0.15) is 0 Å².